The quantitative estimate of drug-likeness (QED) is 0.880. The average molecular weight is 301 g/mol. The Morgan fingerprint density at radius 2 is 2.23 bits per heavy atom. The number of nitrogens with one attached hydrogen (secondary N) is 1. The minimum Gasteiger partial charge on any atom is -0.466 e. The summed E-state index contributed by atoms with van der Waals surface area (Å²) in [6.45, 7) is 6.98. The summed E-state index contributed by atoms with van der Waals surface area (Å²) in [5, 5.41) is 1.26. The van der Waals surface area contributed by atoms with E-state index in [1.807, 2.05) is 13.8 Å². The number of rotatable bonds is 4. The summed E-state index contributed by atoms with van der Waals surface area (Å²) in [5.41, 5.74) is 4.15. The number of benzene rings is 1. The number of hydrogen-bond donors (Lipinski definition) is 1. The number of aromatic amines is 1. The van der Waals surface area contributed by atoms with Gasteiger partial charge in [-0.3, -0.25) is 4.79 Å². The van der Waals surface area contributed by atoms with Crippen molar-refractivity contribution in [3.8, 4) is 0 Å². The topological polar surface area (TPSA) is 51.3 Å². The van der Waals surface area contributed by atoms with Crippen molar-refractivity contribution in [1.29, 1.82) is 0 Å². The molecule has 22 heavy (non-hydrogen) atoms. The van der Waals surface area contributed by atoms with Crippen molar-refractivity contribution >= 4 is 16.9 Å². The number of fused-ring (bicyclic) bond motifs is 3. The Morgan fingerprint density at radius 3 is 2.95 bits per heavy atom. The smallest absolute Gasteiger partial charge is 0.309 e. The van der Waals surface area contributed by atoms with Crippen molar-refractivity contribution in [1.82, 2.24) is 4.98 Å². The Labute approximate surface area is 130 Å². The first-order chi connectivity index (χ1) is 10.6. The van der Waals surface area contributed by atoms with E-state index in [1.165, 1.54) is 22.0 Å². The van der Waals surface area contributed by atoms with Crippen molar-refractivity contribution in [2.75, 3.05) is 13.2 Å². The molecule has 0 aliphatic carbocycles. The summed E-state index contributed by atoms with van der Waals surface area (Å²) in [4.78, 5) is 15.5. The third-order valence-electron chi connectivity index (χ3n) is 4.50. The molecule has 1 aliphatic heterocycles. The van der Waals surface area contributed by atoms with Crippen LogP contribution in [0.2, 0.25) is 0 Å². The summed E-state index contributed by atoms with van der Waals surface area (Å²) >= 11 is 0. The molecule has 2 aromatic rings. The third kappa shape index (κ3) is 2.41. The second kappa shape index (κ2) is 5.76. The van der Waals surface area contributed by atoms with Gasteiger partial charge in [0.05, 0.1) is 25.3 Å². The van der Waals surface area contributed by atoms with Crippen LogP contribution >= 0.6 is 0 Å². The Hall–Kier alpha value is -1.81. The van der Waals surface area contributed by atoms with Crippen LogP contribution in [-0.4, -0.2) is 24.2 Å². The predicted octanol–water partition coefficient (Wildman–Crippen LogP) is 3.47. The van der Waals surface area contributed by atoms with Crippen LogP contribution in [0.3, 0.4) is 0 Å². The number of carbonyl (C=O) groups is 1. The predicted molar refractivity (Wildman–Crippen MR) is 85.9 cm³/mol. The van der Waals surface area contributed by atoms with E-state index in [0.29, 0.717) is 13.2 Å². The van der Waals surface area contributed by atoms with E-state index in [-0.39, 0.29) is 12.4 Å². The van der Waals surface area contributed by atoms with Crippen molar-refractivity contribution < 1.29 is 14.3 Å². The van der Waals surface area contributed by atoms with Gasteiger partial charge in [-0.25, -0.2) is 0 Å². The molecule has 118 valence electrons. The van der Waals surface area contributed by atoms with Crippen LogP contribution in [0, 0.1) is 0 Å². The number of aryl methyl sites for hydroxylation is 1. The molecule has 1 aliphatic rings. The zero-order valence-corrected chi connectivity index (χ0v) is 13.5. The van der Waals surface area contributed by atoms with Gasteiger partial charge >= 0.3 is 5.97 Å². The van der Waals surface area contributed by atoms with E-state index >= 15 is 0 Å². The summed E-state index contributed by atoms with van der Waals surface area (Å²) in [6, 6.07) is 6.40. The zero-order chi connectivity index (χ0) is 15.7. The average Bonchev–Trinajstić information content (AvgIpc) is 2.88. The summed E-state index contributed by atoms with van der Waals surface area (Å²) in [6.07, 6.45) is 2.09. The molecule has 1 atom stereocenters. The van der Waals surface area contributed by atoms with Crippen molar-refractivity contribution in [2.24, 2.45) is 0 Å². The van der Waals surface area contributed by atoms with Crippen LogP contribution in [0.15, 0.2) is 18.2 Å². The van der Waals surface area contributed by atoms with E-state index in [4.69, 9.17) is 9.47 Å². The van der Waals surface area contributed by atoms with E-state index in [2.05, 4.69) is 30.1 Å². The monoisotopic (exact) mass is 301 g/mol. The summed E-state index contributed by atoms with van der Waals surface area (Å²) in [5.74, 6) is -0.216. The lowest BCUT2D eigenvalue weighted by molar-refractivity contribution is -0.152. The van der Waals surface area contributed by atoms with E-state index < -0.39 is 5.60 Å². The molecule has 1 aromatic heterocycles. The van der Waals surface area contributed by atoms with Crippen LogP contribution in [-0.2, 0) is 32.7 Å². The molecule has 0 bridgehead atoms. The van der Waals surface area contributed by atoms with Gasteiger partial charge in [-0.1, -0.05) is 25.1 Å². The highest BCUT2D eigenvalue weighted by Gasteiger charge is 2.38. The highest BCUT2D eigenvalue weighted by atomic mass is 16.5. The Balaban J connectivity index is 2.08. The van der Waals surface area contributed by atoms with Gasteiger partial charge in [-0.05, 0) is 37.8 Å². The van der Waals surface area contributed by atoms with Gasteiger partial charge in [0.1, 0.15) is 5.60 Å². The molecule has 0 amide bonds. The molecule has 0 radical (unpaired) electrons. The van der Waals surface area contributed by atoms with Gasteiger partial charge in [0, 0.05) is 10.9 Å². The number of H-pyrrole nitrogens is 1. The van der Waals surface area contributed by atoms with Gasteiger partial charge in [0.15, 0.2) is 0 Å². The normalized spacial score (nSPS) is 20.9. The Morgan fingerprint density at radius 1 is 1.41 bits per heavy atom. The maximum Gasteiger partial charge on any atom is 0.309 e. The molecule has 4 nitrogen and oxygen atoms in total. The van der Waals surface area contributed by atoms with Gasteiger partial charge in [0.25, 0.3) is 0 Å². The molecular formula is C18H23NO3. The van der Waals surface area contributed by atoms with E-state index in [0.717, 1.165) is 18.5 Å². The number of hydrogen-bond acceptors (Lipinski definition) is 3. The molecule has 1 aromatic carbocycles. The number of esters is 1. The van der Waals surface area contributed by atoms with E-state index in [9.17, 15) is 4.79 Å². The maximum atomic E-state index is 11.9. The minimum atomic E-state index is -0.635. The number of ether oxygens (including phenoxy) is 2. The molecule has 1 unspecified atom stereocenters. The summed E-state index contributed by atoms with van der Waals surface area (Å²) < 4.78 is 11.1. The minimum absolute atomic E-state index is 0.216. The third-order valence-corrected chi connectivity index (χ3v) is 4.50. The number of aromatic nitrogens is 1. The van der Waals surface area contributed by atoms with Gasteiger partial charge < -0.3 is 14.5 Å². The standard InChI is InChI=1S/C18H23NO3/c1-4-12-7-6-8-13-14-9-10-22-18(3,11-15(20)21-5-2)17(14)19-16(12)13/h6-8,19H,4-5,9-11H2,1-3H3. The van der Waals surface area contributed by atoms with Gasteiger partial charge in [-0.2, -0.15) is 0 Å². The second-order valence-corrected chi connectivity index (χ2v) is 5.98. The first-order valence-electron chi connectivity index (χ1n) is 8.01. The van der Waals surface area contributed by atoms with Crippen LogP contribution in [0.25, 0.3) is 10.9 Å². The van der Waals surface area contributed by atoms with Crippen LogP contribution < -0.4 is 0 Å². The number of carbonyl (C=O) groups excluding carboxylic acids is 1. The van der Waals surface area contributed by atoms with Crippen molar-refractivity contribution in [3.05, 3.63) is 35.0 Å². The van der Waals surface area contributed by atoms with Crippen LogP contribution in [0.5, 0.6) is 0 Å². The fourth-order valence-electron chi connectivity index (χ4n) is 3.42. The lowest BCUT2D eigenvalue weighted by atomic mass is 9.90. The molecule has 0 saturated carbocycles. The lowest BCUT2D eigenvalue weighted by Gasteiger charge is -2.33. The van der Waals surface area contributed by atoms with Gasteiger partial charge in [-0.15, -0.1) is 0 Å². The molecule has 3 rings (SSSR count). The highest BCUT2D eigenvalue weighted by molar-refractivity contribution is 5.88. The Kier molecular flexibility index (Phi) is 3.96. The van der Waals surface area contributed by atoms with E-state index in [1.54, 1.807) is 0 Å². The molecule has 0 spiro atoms. The first-order valence-corrected chi connectivity index (χ1v) is 8.01. The largest absolute Gasteiger partial charge is 0.466 e. The lowest BCUT2D eigenvalue weighted by Crippen LogP contribution is -2.35. The van der Waals surface area contributed by atoms with Gasteiger partial charge in [0.2, 0.25) is 0 Å². The maximum absolute atomic E-state index is 11.9. The van der Waals surface area contributed by atoms with Crippen molar-refractivity contribution in [3.63, 3.8) is 0 Å². The first kappa shape index (κ1) is 15.1. The SMILES string of the molecule is CCOC(=O)CC1(C)OCCc2c1[nH]c1c(CC)cccc21. The molecule has 0 saturated heterocycles. The zero-order valence-electron chi connectivity index (χ0n) is 13.5. The molecular weight excluding hydrogens is 278 g/mol. The Bertz CT molecular complexity index is 704. The molecule has 4 heteroatoms. The summed E-state index contributed by atoms with van der Waals surface area (Å²) in [7, 11) is 0. The van der Waals surface area contributed by atoms with Crippen LogP contribution in [0.1, 0.15) is 44.0 Å². The molecule has 1 N–H and O–H groups in total. The fourth-order valence-corrected chi connectivity index (χ4v) is 3.42. The second-order valence-electron chi connectivity index (χ2n) is 5.98. The fraction of sp³-hybridized carbons (Fsp3) is 0.500. The molecule has 0 fully saturated rings. The number of para-hydroxylation sites is 1. The van der Waals surface area contributed by atoms with Crippen LogP contribution in [0.4, 0.5) is 0 Å². The molecule has 2 heterocycles. The highest BCUT2D eigenvalue weighted by Crippen LogP contribution is 2.39. The van der Waals surface area contributed by atoms with Crippen molar-refractivity contribution in [2.45, 2.75) is 45.6 Å².